The molecule has 1 aromatic heterocycles. The second kappa shape index (κ2) is 9.04. The molecular formula is C21H20O9. The summed E-state index contributed by atoms with van der Waals surface area (Å²) in [7, 11) is 0. The quantitative estimate of drug-likeness (QED) is 0.327. The molecule has 1 aliphatic rings. The van der Waals surface area contributed by atoms with Crippen molar-refractivity contribution in [3.05, 3.63) is 52.4 Å². The van der Waals surface area contributed by atoms with Crippen molar-refractivity contribution in [1.82, 2.24) is 0 Å². The van der Waals surface area contributed by atoms with E-state index < -0.39 is 35.1 Å². The van der Waals surface area contributed by atoms with E-state index in [1.807, 2.05) is 0 Å². The van der Waals surface area contributed by atoms with Gasteiger partial charge in [-0.15, -0.1) is 0 Å². The summed E-state index contributed by atoms with van der Waals surface area (Å²) in [4.78, 5) is 35.5. The zero-order valence-electron chi connectivity index (χ0n) is 16.0. The van der Waals surface area contributed by atoms with Crippen LogP contribution in [-0.4, -0.2) is 52.5 Å². The third kappa shape index (κ3) is 4.48. The lowest BCUT2D eigenvalue weighted by atomic mass is 10.0. The Morgan fingerprint density at radius 3 is 2.53 bits per heavy atom. The molecule has 30 heavy (non-hydrogen) atoms. The first-order valence-electron chi connectivity index (χ1n) is 9.16. The van der Waals surface area contributed by atoms with Gasteiger partial charge >= 0.3 is 0 Å². The van der Waals surface area contributed by atoms with Crippen LogP contribution >= 0.6 is 0 Å². The maximum atomic E-state index is 12.5. The van der Waals surface area contributed by atoms with Crippen LogP contribution in [0.1, 0.15) is 19.1 Å². The fourth-order valence-electron chi connectivity index (χ4n) is 2.92. The largest absolute Gasteiger partial charge is 0.502 e. The van der Waals surface area contributed by atoms with Gasteiger partial charge in [-0.3, -0.25) is 14.4 Å². The van der Waals surface area contributed by atoms with Crippen LogP contribution in [0.3, 0.4) is 0 Å². The third-order valence-electron chi connectivity index (χ3n) is 4.39. The van der Waals surface area contributed by atoms with E-state index in [-0.39, 0.29) is 47.7 Å². The first-order valence-corrected chi connectivity index (χ1v) is 9.16. The Kier molecular flexibility index (Phi) is 6.46. The average Bonchev–Trinajstić information content (AvgIpc) is 2.72. The number of aromatic hydroxyl groups is 1. The number of hydrogen-bond acceptors (Lipinski definition) is 9. The number of benzene rings is 1. The van der Waals surface area contributed by atoms with Crippen molar-refractivity contribution >= 4 is 28.1 Å². The molecule has 9 heteroatoms. The predicted molar refractivity (Wildman–Crippen MR) is 105 cm³/mol. The van der Waals surface area contributed by atoms with Crippen LogP contribution in [0, 0.1) is 0 Å². The lowest BCUT2D eigenvalue weighted by Crippen LogP contribution is -2.28. The lowest BCUT2D eigenvalue weighted by Gasteiger charge is -2.21. The highest BCUT2D eigenvalue weighted by Gasteiger charge is 2.22. The van der Waals surface area contributed by atoms with E-state index in [1.54, 1.807) is 6.92 Å². The van der Waals surface area contributed by atoms with Gasteiger partial charge in [0.25, 0.3) is 0 Å². The fourth-order valence-corrected chi connectivity index (χ4v) is 2.92. The second-order valence-corrected chi connectivity index (χ2v) is 6.57. The zero-order chi connectivity index (χ0) is 21.8. The minimum absolute atomic E-state index is 0.0882. The van der Waals surface area contributed by atoms with Crippen LogP contribution in [0.15, 0.2) is 45.6 Å². The lowest BCUT2D eigenvalue weighted by molar-refractivity contribution is -0.131. The van der Waals surface area contributed by atoms with Gasteiger partial charge in [0.05, 0.1) is 18.1 Å². The molecule has 1 aliphatic carbocycles. The Balaban J connectivity index is 1.92. The van der Waals surface area contributed by atoms with Gasteiger partial charge in [-0.2, -0.15) is 0 Å². The van der Waals surface area contributed by atoms with Crippen LogP contribution in [0.25, 0.3) is 16.5 Å². The van der Waals surface area contributed by atoms with Gasteiger partial charge in [-0.1, -0.05) is 0 Å². The van der Waals surface area contributed by atoms with Gasteiger partial charge in [0, 0.05) is 24.3 Å². The van der Waals surface area contributed by atoms with Crippen LogP contribution in [0.5, 0.6) is 11.5 Å². The van der Waals surface area contributed by atoms with Gasteiger partial charge in [-0.05, 0) is 37.6 Å². The van der Waals surface area contributed by atoms with Crippen molar-refractivity contribution < 1.29 is 38.8 Å². The summed E-state index contributed by atoms with van der Waals surface area (Å²) < 4.78 is 16.7. The van der Waals surface area contributed by atoms with E-state index in [9.17, 15) is 24.6 Å². The minimum atomic E-state index is -0.793. The van der Waals surface area contributed by atoms with Gasteiger partial charge in [0.2, 0.25) is 22.7 Å². The van der Waals surface area contributed by atoms with Crippen LogP contribution in [0.4, 0.5) is 0 Å². The second-order valence-electron chi connectivity index (χ2n) is 6.57. The molecule has 0 bridgehead atoms. The molecule has 0 saturated carbocycles. The van der Waals surface area contributed by atoms with Crippen molar-refractivity contribution in [3.63, 3.8) is 0 Å². The monoisotopic (exact) mass is 416 g/mol. The molecule has 9 nitrogen and oxygen atoms in total. The molecule has 3 N–H and O–H groups in total. The number of carbonyl (C=O) groups excluding carboxylic acids is 2. The number of rotatable bonds is 8. The number of ether oxygens (including phenoxy) is 2. The van der Waals surface area contributed by atoms with E-state index in [0.29, 0.717) is 0 Å². The molecule has 2 atom stereocenters. The van der Waals surface area contributed by atoms with Crippen molar-refractivity contribution in [2.45, 2.75) is 25.7 Å². The summed E-state index contributed by atoms with van der Waals surface area (Å²) >= 11 is 0. The summed E-state index contributed by atoms with van der Waals surface area (Å²) in [5.41, 5.74) is -0.525. The average molecular weight is 416 g/mol. The molecule has 2 unspecified atom stereocenters. The van der Waals surface area contributed by atoms with Crippen molar-refractivity contribution in [2.24, 2.45) is 0 Å². The van der Waals surface area contributed by atoms with Crippen LogP contribution in [0.2, 0.25) is 0 Å². The van der Waals surface area contributed by atoms with Gasteiger partial charge in [0.15, 0.2) is 12.1 Å². The Morgan fingerprint density at radius 1 is 1.10 bits per heavy atom. The summed E-state index contributed by atoms with van der Waals surface area (Å²) in [6, 6.07) is 4.31. The van der Waals surface area contributed by atoms with E-state index >= 15 is 0 Å². The van der Waals surface area contributed by atoms with Crippen molar-refractivity contribution in [3.8, 4) is 11.5 Å². The standard InChI is InChI=1S/C21H20O9/c1-11(29-14(10-23)6-7-22)28-13-3-4-15-18(9-13)30-21(20(27)19(15)26)12-2-5-16(24)17(25)8-12/h2-5,8-9,11,14,22-23,27H,6-7,10H2,1H3. The topological polar surface area (TPSA) is 144 Å². The van der Waals surface area contributed by atoms with E-state index in [2.05, 4.69) is 0 Å². The van der Waals surface area contributed by atoms with Gasteiger partial charge in [0.1, 0.15) is 11.3 Å². The molecule has 3 rings (SSSR count). The molecule has 0 spiro atoms. The SMILES string of the molecule is CC(Oc1ccc2c(=O)c(O)c(C3=CC(=O)C(=O)C=C3)oc2c1)OC(CO)CCO. The number of ketones is 2. The maximum absolute atomic E-state index is 12.5. The molecule has 1 heterocycles. The highest BCUT2D eigenvalue weighted by molar-refractivity contribution is 6.48. The predicted octanol–water partition coefficient (Wildman–Crippen LogP) is 1.07. The van der Waals surface area contributed by atoms with Crippen LogP contribution in [-0.2, 0) is 14.3 Å². The summed E-state index contributed by atoms with van der Waals surface area (Å²) in [6.45, 7) is 1.17. The minimum Gasteiger partial charge on any atom is -0.502 e. The zero-order valence-corrected chi connectivity index (χ0v) is 16.0. The van der Waals surface area contributed by atoms with Gasteiger partial charge in [-0.25, -0.2) is 0 Å². The number of allylic oxidation sites excluding steroid dienone is 4. The Hall–Kier alpha value is -3.27. The molecule has 2 aromatic rings. The number of aliphatic hydroxyl groups excluding tert-OH is 2. The first kappa shape index (κ1) is 21.4. The molecule has 0 fully saturated rings. The highest BCUT2D eigenvalue weighted by Crippen LogP contribution is 2.30. The number of hydrogen-bond donors (Lipinski definition) is 3. The van der Waals surface area contributed by atoms with Crippen LogP contribution < -0.4 is 10.2 Å². The first-order chi connectivity index (χ1) is 14.3. The molecule has 0 saturated heterocycles. The summed E-state index contributed by atoms with van der Waals surface area (Å²) in [5.74, 6) is -2.14. The van der Waals surface area contributed by atoms with Crippen molar-refractivity contribution in [2.75, 3.05) is 13.2 Å². The van der Waals surface area contributed by atoms with E-state index in [4.69, 9.17) is 19.0 Å². The maximum Gasteiger partial charge on any atom is 0.235 e. The molecule has 158 valence electrons. The molecule has 0 radical (unpaired) electrons. The molecule has 1 aromatic carbocycles. The van der Waals surface area contributed by atoms with E-state index in [0.717, 1.165) is 12.2 Å². The van der Waals surface area contributed by atoms with E-state index in [1.165, 1.54) is 24.3 Å². The summed E-state index contributed by atoms with van der Waals surface area (Å²) in [6.07, 6.45) is 2.16. The Bertz CT molecular complexity index is 1090. The van der Waals surface area contributed by atoms with Gasteiger partial charge < -0.3 is 29.2 Å². The number of carbonyl (C=O) groups is 2. The third-order valence-corrected chi connectivity index (χ3v) is 4.39. The fraction of sp³-hybridized carbons (Fsp3) is 0.286. The molecule has 0 aliphatic heterocycles. The normalized spacial score (nSPS) is 15.9. The molecule has 0 amide bonds. The molecular weight excluding hydrogens is 396 g/mol. The smallest absolute Gasteiger partial charge is 0.235 e. The highest BCUT2D eigenvalue weighted by atomic mass is 16.7. The Labute approximate surface area is 170 Å². The Morgan fingerprint density at radius 2 is 1.87 bits per heavy atom. The summed E-state index contributed by atoms with van der Waals surface area (Å²) in [5, 5.41) is 28.5. The van der Waals surface area contributed by atoms with Crippen molar-refractivity contribution in [1.29, 1.82) is 0 Å². The number of fused-ring (bicyclic) bond motifs is 1. The number of aliphatic hydroxyl groups is 2.